The minimum atomic E-state index is -1.49. The van der Waals surface area contributed by atoms with E-state index < -0.39 is 29.8 Å². The van der Waals surface area contributed by atoms with Crippen molar-refractivity contribution < 1.29 is 24.2 Å². The van der Waals surface area contributed by atoms with Crippen molar-refractivity contribution in [2.24, 2.45) is 0 Å². The molecule has 2 atom stereocenters. The van der Waals surface area contributed by atoms with Gasteiger partial charge in [-0.15, -0.1) is 0 Å². The highest BCUT2D eigenvalue weighted by atomic mass is 16.6. The van der Waals surface area contributed by atoms with E-state index >= 15 is 0 Å². The minimum Gasteiger partial charge on any atom is -0.461 e. The average molecular weight is 337 g/mol. The van der Waals surface area contributed by atoms with Crippen molar-refractivity contribution in [2.45, 2.75) is 64.9 Å². The fraction of sp³-hybridized carbons (Fsp3) is 0.556. The van der Waals surface area contributed by atoms with Crippen LogP contribution in [-0.2, 0) is 20.7 Å². The van der Waals surface area contributed by atoms with Crippen LogP contribution in [0.4, 0.5) is 4.79 Å². The molecule has 1 rings (SSSR count). The van der Waals surface area contributed by atoms with Crippen LogP contribution in [0, 0.1) is 0 Å². The van der Waals surface area contributed by atoms with Crippen LogP contribution in [0.2, 0.25) is 0 Å². The number of nitrogens with one attached hydrogen (secondary N) is 1. The normalized spacial score (nSPS) is 14.0. The first-order valence-corrected chi connectivity index (χ1v) is 8.00. The highest BCUT2D eigenvalue weighted by Crippen LogP contribution is 2.11. The van der Waals surface area contributed by atoms with Crippen molar-refractivity contribution in [2.75, 3.05) is 0 Å². The molecule has 2 N–H and O–H groups in total. The van der Waals surface area contributed by atoms with Gasteiger partial charge in [0.15, 0.2) is 6.10 Å². The number of hydrogen-bond donors (Lipinski definition) is 2. The van der Waals surface area contributed by atoms with Crippen LogP contribution in [-0.4, -0.2) is 41.0 Å². The maximum absolute atomic E-state index is 12.0. The second-order valence-corrected chi connectivity index (χ2v) is 6.87. The average Bonchev–Trinajstić information content (AvgIpc) is 2.44. The second kappa shape index (κ2) is 8.68. The van der Waals surface area contributed by atoms with Crippen LogP contribution in [0.3, 0.4) is 0 Å². The summed E-state index contributed by atoms with van der Waals surface area (Å²) in [5.74, 6) is -0.776. The third-order valence-electron chi connectivity index (χ3n) is 2.98. The number of benzene rings is 1. The first-order valence-electron chi connectivity index (χ1n) is 8.00. The summed E-state index contributed by atoms with van der Waals surface area (Å²) in [5, 5.41) is 12.9. The molecule has 1 aromatic carbocycles. The van der Waals surface area contributed by atoms with E-state index in [1.807, 2.05) is 30.3 Å². The summed E-state index contributed by atoms with van der Waals surface area (Å²) in [7, 11) is 0. The number of esters is 1. The van der Waals surface area contributed by atoms with Gasteiger partial charge in [-0.2, -0.15) is 0 Å². The van der Waals surface area contributed by atoms with Crippen molar-refractivity contribution >= 4 is 12.1 Å². The van der Waals surface area contributed by atoms with Gasteiger partial charge in [0.25, 0.3) is 0 Å². The van der Waals surface area contributed by atoms with Gasteiger partial charge in [-0.3, -0.25) is 0 Å². The topological polar surface area (TPSA) is 84.9 Å². The lowest BCUT2D eigenvalue weighted by Gasteiger charge is -2.26. The first-order chi connectivity index (χ1) is 11.1. The quantitative estimate of drug-likeness (QED) is 0.779. The molecule has 0 spiro atoms. The SMILES string of the molecule is CC(C)OC(=O)[C@H](O)[C@H](Cc1ccccc1)NC(=O)OC(C)(C)C. The van der Waals surface area contributed by atoms with E-state index in [-0.39, 0.29) is 12.5 Å². The van der Waals surface area contributed by atoms with E-state index in [1.165, 1.54) is 0 Å². The van der Waals surface area contributed by atoms with Crippen LogP contribution in [0.5, 0.6) is 0 Å². The minimum absolute atomic E-state index is 0.272. The highest BCUT2D eigenvalue weighted by Gasteiger charge is 2.31. The standard InChI is InChI=1S/C18H27NO5/c1-12(2)23-16(21)15(20)14(11-13-9-7-6-8-10-13)19-17(22)24-18(3,4)5/h6-10,12,14-15,20H,11H2,1-5H3,(H,19,22)/t14-,15+/m0/s1. The smallest absolute Gasteiger partial charge is 0.407 e. The molecule has 0 unspecified atom stereocenters. The summed E-state index contributed by atoms with van der Waals surface area (Å²) < 4.78 is 10.2. The maximum Gasteiger partial charge on any atom is 0.407 e. The Balaban J connectivity index is 2.86. The molecule has 6 heteroatoms. The van der Waals surface area contributed by atoms with Crippen LogP contribution < -0.4 is 5.32 Å². The van der Waals surface area contributed by atoms with E-state index in [4.69, 9.17) is 9.47 Å². The fourth-order valence-corrected chi connectivity index (χ4v) is 2.03. The van der Waals surface area contributed by atoms with Crippen molar-refractivity contribution in [3.05, 3.63) is 35.9 Å². The predicted molar refractivity (Wildman–Crippen MR) is 90.5 cm³/mol. The monoisotopic (exact) mass is 337 g/mol. The van der Waals surface area contributed by atoms with Gasteiger partial charge in [-0.25, -0.2) is 9.59 Å². The van der Waals surface area contributed by atoms with Crippen LogP contribution in [0.25, 0.3) is 0 Å². The molecule has 0 aliphatic rings. The summed E-state index contributed by atoms with van der Waals surface area (Å²) in [6.45, 7) is 8.60. The zero-order valence-corrected chi connectivity index (χ0v) is 14.9. The number of aliphatic hydroxyl groups excluding tert-OH is 1. The molecular formula is C18H27NO5. The molecule has 0 aromatic heterocycles. The number of aliphatic hydroxyl groups is 1. The Hall–Kier alpha value is -2.08. The molecule has 0 aliphatic carbocycles. The fourth-order valence-electron chi connectivity index (χ4n) is 2.03. The second-order valence-electron chi connectivity index (χ2n) is 6.87. The molecule has 0 saturated heterocycles. The van der Waals surface area contributed by atoms with Gasteiger partial charge in [-0.1, -0.05) is 30.3 Å². The predicted octanol–water partition coefficient (Wildman–Crippen LogP) is 2.43. The number of carbonyl (C=O) groups excluding carboxylic acids is 2. The van der Waals surface area contributed by atoms with Crippen molar-refractivity contribution in [1.82, 2.24) is 5.32 Å². The number of rotatable bonds is 6. The molecule has 0 radical (unpaired) electrons. The Morgan fingerprint density at radius 1 is 1.17 bits per heavy atom. The number of alkyl carbamates (subject to hydrolysis) is 1. The van der Waals surface area contributed by atoms with Gasteiger partial charge in [0, 0.05) is 0 Å². The Labute approximate surface area is 143 Å². The third-order valence-corrected chi connectivity index (χ3v) is 2.98. The van der Waals surface area contributed by atoms with E-state index in [0.29, 0.717) is 0 Å². The maximum atomic E-state index is 12.0. The molecule has 0 saturated carbocycles. The molecule has 0 heterocycles. The molecule has 0 fully saturated rings. The molecule has 1 aromatic rings. The zero-order chi connectivity index (χ0) is 18.3. The molecule has 24 heavy (non-hydrogen) atoms. The molecular weight excluding hydrogens is 310 g/mol. The van der Waals surface area contributed by atoms with Gasteiger partial charge in [0.1, 0.15) is 5.60 Å². The van der Waals surface area contributed by atoms with Crippen LogP contribution in [0.15, 0.2) is 30.3 Å². The van der Waals surface area contributed by atoms with E-state index in [0.717, 1.165) is 5.56 Å². The Bertz CT molecular complexity index is 536. The number of hydrogen-bond acceptors (Lipinski definition) is 5. The van der Waals surface area contributed by atoms with Crippen molar-refractivity contribution in [1.29, 1.82) is 0 Å². The van der Waals surface area contributed by atoms with Gasteiger partial charge >= 0.3 is 12.1 Å². The number of carbonyl (C=O) groups is 2. The molecule has 6 nitrogen and oxygen atoms in total. The lowest BCUT2D eigenvalue weighted by atomic mass is 10.0. The number of ether oxygens (including phenoxy) is 2. The zero-order valence-electron chi connectivity index (χ0n) is 14.9. The largest absolute Gasteiger partial charge is 0.461 e. The van der Waals surface area contributed by atoms with Gasteiger partial charge in [0.05, 0.1) is 12.1 Å². The Kier molecular flexibility index (Phi) is 7.22. The Morgan fingerprint density at radius 2 is 1.75 bits per heavy atom. The number of amides is 1. The lowest BCUT2D eigenvalue weighted by Crippen LogP contribution is -2.50. The van der Waals surface area contributed by atoms with E-state index in [2.05, 4.69) is 5.32 Å². The van der Waals surface area contributed by atoms with Crippen LogP contribution in [0.1, 0.15) is 40.2 Å². The van der Waals surface area contributed by atoms with Gasteiger partial charge in [0.2, 0.25) is 0 Å². The van der Waals surface area contributed by atoms with E-state index in [1.54, 1.807) is 34.6 Å². The lowest BCUT2D eigenvalue weighted by molar-refractivity contribution is -0.158. The molecule has 1 amide bonds. The third kappa shape index (κ3) is 7.46. The highest BCUT2D eigenvalue weighted by molar-refractivity contribution is 5.77. The summed E-state index contributed by atoms with van der Waals surface area (Å²) in [4.78, 5) is 24.0. The molecule has 134 valence electrons. The summed E-state index contributed by atoms with van der Waals surface area (Å²) in [6, 6.07) is 8.41. The van der Waals surface area contributed by atoms with Crippen LogP contribution >= 0.6 is 0 Å². The van der Waals surface area contributed by atoms with Crippen molar-refractivity contribution in [3.8, 4) is 0 Å². The Morgan fingerprint density at radius 3 is 2.25 bits per heavy atom. The summed E-state index contributed by atoms with van der Waals surface area (Å²) in [5.41, 5.74) is 0.195. The molecule has 0 bridgehead atoms. The van der Waals surface area contributed by atoms with E-state index in [9.17, 15) is 14.7 Å². The van der Waals surface area contributed by atoms with Gasteiger partial charge < -0.3 is 19.9 Å². The summed E-state index contributed by atoms with van der Waals surface area (Å²) in [6.07, 6.45) is -2.26. The van der Waals surface area contributed by atoms with Gasteiger partial charge in [-0.05, 0) is 46.6 Å². The summed E-state index contributed by atoms with van der Waals surface area (Å²) >= 11 is 0. The first kappa shape index (κ1) is 20.0. The van der Waals surface area contributed by atoms with Crippen molar-refractivity contribution in [3.63, 3.8) is 0 Å². The molecule has 0 aliphatic heterocycles.